The second-order valence-electron chi connectivity index (χ2n) is 3.53. The van der Waals surface area contributed by atoms with E-state index in [1.165, 1.54) is 0 Å². The van der Waals surface area contributed by atoms with E-state index in [9.17, 15) is 0 Å². The lowest BCUT2D eigenvalue weighted by Crippen LogP contribution is -2.20. The molecule has 7 heteroatoms. The van der Waals surface area contributed by atoms with Crippen molar-refractivity contribution < 1.29 is 28.9 Å². The monoisotopic (exact) mass is 270 g/mol. The summed E-state index contributed by atoms with van der Waals surface area (Å²) < 4.78 is 20.9. The van der Waals surface area contributed by atoms with E-state index in [2.05, 4.69) is 0 Å². The van der Waals surface area contributed by atoms with Gasteiger partial charge in [-0.3, -0.25) is 0 Å². The first-order valence-corrected chi connectivity index (χ1v) is 6.17. The van der Waals surface area contributed by atoms with E-state index >= 15 is 0 Å². The van der Waals surface area contributed by atoms with Crippen LogP contribution in [0.15, 0.2) is 18.2 Å². The van der Waals surface area contributed by atoms with Gasteiger partial charge in [-0.2, -0.15) is 0 Å². The van der Waals surface area contributed by atoms with Crippen LogP contribution in [0.4, 0.5) is 0 Å². The van der Waals surface area contributed by atoms with Crippen LogP contribution in [0.1, 0.15) is 13.8 Å². The van der Waals surface area contributed by atoms with Crippen molar-refractivity contribution in [1.82, 2.24) is 0 Å². The van der Waals surface area contributed by atoms with Crippen molar-refractivity contribution in [3.05, 3.63) is 18.2 Å². The Kier molecular flexibility index (Phi) is 7.10. The Hall–Kier alpha value is -1.44. The molecule has 1 rings (SSSR count). The highest BCUT2D eigenvalue weighted by Crippen LogP contribution is 2.31. The predicted octanol–water partition coefficient (Wildman–Crippen LogP) is 0.849. The van der Waals surface area contributed by atoms with Gasteiger partial charge in [0.25, 0.3) is 0 Å². The van der Waals surface area contributed by atoms with Crippen molar-refractivity contribution in [2.24, 2.45) is 0 Å². The molecular weight excluding hydrogens is 251 g/mol. The summed E-state index contributed by atoms with van der Waals surface area (Å²) in [6.45, 7) is 5.78. The van der Waals surface area contributed by atoms with Crippen molar-refractivity contribution in [2.45, 2.75) is 13.8 Å². The molecule has 0 aliphatic carbocycles. The Balaban J connectivity index is 2.67. The summed E-state index contributed by atoms with van der Waals surface area (Å²) in [7, 11) is -1.86. The molecule has 0 unspecified atom stereocenters. The second kappa shape index (κ2) is 8.63. The fourth-order valence-electron chi connectivity index (χ4n) is 1.43. The van der Waals surface area contributed by atoms with Crippen molar-refractivity contribution in [1.29, 1.82) is 0 Å². The molecule has 0 atom stereocenters. The Labute approximate surface area is 113 Å². The van der Waals surface area contributed by atoms with Crippen molar-refractivity contribution in [3.8, 4) is 17.2 Å². The van der Waals surface area contributed by atoms with E-state index in [1.54, 1.807) is 18.2 Å². The summed E-state index contributed by atoms with van der Waals surface area (Å²) in [6, 6.07) is 4.76. The highest BCUT2D eigenvalue weighted by Gasteiger charge is 2.13. The molecule has 0 aliphatic heterocycles. The third-order valence-corrected chi connectivity index (χ3v) is 2.15. The normalized spacial score (nSPS) is 10.1. The smallest absolute Gasteiger partial charge is 0.512 e. The van der Waals surface area contributed by atoms with Crippen molar-refractivity contribution >= 4 is 7.32 Å². The number of ether oxygens (including phenoxy) is 3. The van der Waals surface area contributed by atoms with Gasteiger partial charge in [0.15, 0.2) is 11.5 Å². The molecular formula is C12H19BO6. The zero-order valence-electron chi connectivity index (χ0n) is 11.2. The van der Waals surface area contributed by atoms with Gasteiger partial charge < -0.3 is 28.9 Å². The molecule has 0 fully saturated rings. The van der Waals surface area contributed by atoms with Gasteiger partial charge in [0.1, 0.15) is 12.4 Å². The van der Waals surface area contributed by atoms with E-state index < -0.39 is 7.32 Å². The molecule has 0 bridgehead atoms. The van der Waals surface area contributed by atoms with Crippen LogP contribution in [0, 0.1) is 0 Å². The van der Waals surface area contributed by atoms with E-state index in [4.69, 9.17) is 28.9 Å². The maximum Gasteiger partial charge on any atom is 0.707 e. The molecule has 19 heavy (non-hydrogen) atoms. The number of rotatable bonds is 9. The summed E-state index contributed by atoms with van der Waals surface area (Å²) >= 11 is 0. The maximum absolute atomic E-state index is 8.74. The average Bonchev–Trinajstić information content (AvgIpc) is 2.36. The Morgan fingerprint density at radius 2 is 1.79 bits per heavy atom. The van der Waals surface area contributed by atoms with Crippen molar-refractivity contribution in [3.63, 3.8) is 0 Å². The quantitative estimate of drug-likeness (QED) is 0.511. The fourth-order valence-corrected chi connectivity index (χ4v) is 1.43. The molecule has 0 aromatic heterocycles. The minimum Gasteiger partial charge on any atom is -0.512 e. The molecule has 6 nitrogen and oxygen atoms in total. The summed E-state index contributed by atoms with van der Waals surface area (Å²) in [5, 5.41) is 17.5. The molecule has 1 aromatic carbocycles. The number of hydrogen-bond donors (Lipinski definition) is 2. The largest absolute Gasteiger partial charge is 0.707 e. The molecule has 0 radical (unpaired) electrons. The molecule has 0 saturated carbocycles. The molecule has 0 aliphatic rings. The lowest BCUT2D eigenvalue weighted by Gasteiger charge is -2.13. The van der Waals surface area contributed by atoms with Gasteiger partial charge in [0.2, 0.25) is 0 Å². The third kappa shape index (κ3) is 5.82. The number of hydrogen-bond acceptors (Lipinski definition) is 6. The lowest BCUT2D eigenvalue weighted by molar-refractivity contribution is 0.108. The highest BCUT2D eigenvalue weighted by atomic mass is 16.6. The second-order valence-corrected chi connectivity index (χ2v) is 3.53. The fraction of sp³-hybridized carbons (Fsp3) is 0.500. The Morgan fingerprint density at radius 1 is 1.00 bits per heavy atom. The molecule has 0 saturated heterocycles. The van der Waals surface area contributed by atoms with E-state index in [0.717, 1.165) is 0 Å². The first kappa shape index (κ1) is 15.6. The van der Waals surface area contributed by atoms with Crippen LogP contribution < -0.4 is 14.1 Å². The number of benzene rings is 1. The summed E-state index contributed by atoms with van der Waals surface area (Å²) in [4.78, 5) is 0. The van der Waals surface area contributed by atoms with Gasteiger partial charge in [0, 0.05) is 12.7 Å². The van der Waals surface area contributed by atoms with Crippen molar-refractivity contribution in [2.75, 3.05) is 26.4 Å². The van der Waals surface area contributed by atoms with Gasteiger partial charge in [-0.25, -0.2) is 0 Å². The average molecular weight is 270 g/mol. The topological polar surface area (TPSA) is 77.4 Å². The Bertz CT molecular complexity index is 371. The molecule has 2 N–H and O–H groups in total. The Morgan fingerprint density at radius 3 is 2.42 bits per heavy atom. The SMILES string of the molecule is CCOCCOc1ccc(OB(O)O)cc1OCC. The summed E-state index contributed by atoms with van der Waals surface area (Å²) in [6.07, 6.45) is 0. The molecule has 0 heterocycles. The molecule has 106 valence electrons. The molecule has 0 amide bonds. The zero-order valence-corrected chi connectivity index (χ0v) is 11.2. The maximum atomic E-state index is 8.74. The third-order valence-electron chi connectivity index (χ3n) is 2.15. The van der Waals surface area contributed by atoms with Crippen LogP contribution in [0.2, 0.25) is 0 Å². The summed E-state index contributed by atoms with van der Waals surface area (Å²) in [5.74, 6) is 1.33. The molecule has 1 aromatic rings. The van der Waals surface area contributed by atoms with Gasteiger partial charge in [-0.15, -0.1) is 0 Å². The van der Waals surface area contributed by atoms with Crippen LogP contribution in [0.25, 0.3) is 0 Å². The lowest BCUT2D eigenvalue weighted by atomic mass is 10.2. The zero-order chi connectivity index (χ0) is 14.1. The standard InChI is InChI=1S/C12H19BO6/c1-3-16-7-8-18-11-6-5-10(19-13(14)15)9-12(11)17-4-2/h5-6,9,14-15H,3-4,7-8H2,1-2H3. The van der Waals surface area contributed by atoms with E-state index in [0.29, 0.717) is 37.9 Å². The van der Waals surface area contributed by atoms with Gasteiger partial charge in [-0.05, 0) is 26.0 Å². The van der Waals surface area contributed by atoms with E-state index in [-0.39, 0.29) is 5.75 Å². The van der Waals surface area contributed by atoms with E-state index in [1.807, 2.05) is 13.8 Å². The van der Waals surface area contributed by atoms with Crippen LogP contribution >= 0.6 is 0 Å². The minimum absolute atomic E-state index is 0.288. The van der Waals surface area contributed by atoms with Gasteiger partial charge in [-0.1, -0.05) is 0 Å². The van der Waals surface area contributed by atoms with Crippen LogP contribution in [-0.4, -0.2) is 43.8 Å². The predicted molar refractivity (Wildman–Crippen MR) is 70.4 cm³/mol. The van der Waals surface area contributed by atoms with Gasteiger partial charge >= 0.3 is 7.32 Å². The minimum atomic E-state index is -1.86. The van der Waals surface area contributed by atoms with Crippen LogP contribution in [0.3, 0.4) is 0 Å². The highest BCUT2D eigenvalue weighted by molar-refractivity contribution is 6.33. The first-order valence-electron chi connectivity index (χ1n) is 6.17. The van der Waals surface area contributed by atoms with Gasteiger partial charge in [0.05, 0.1) is 13.2 Å². The summed E-state index contributed by atoms with van der Waals surface area (Å²) in [5.41, 5.74) is 0. The van der Waals surface area contributed by atoms with Crippen LogP contribution in [0.5, 0.6) is 17.2 Å². The molecule has 0 spiro atoms. The first-order chi connectivity index (χ1) is 9.17. The van der Waals surface area contributed by atoms with Crippen LogP contribution in [-0.2, 0) is 4.74 Å².